The molecule has 0 heterocycles. The quantitative estimate of drug-likeness (QED) is 0.325. The van der Waals surface area contributed by atoms with Crippen molar-refractivity contribution in [3.8, 4) is 0 Å². The first-order valence-corrected chi connectivity index (χ1v) is 3.83. The average molecular weight is 159 g/mol. The zero-order valence-corrected chi connectivity index (χ0v) is 7.39. The summed E-state index contributed by atoms with van der Waals surface area (Å²) in [5, 5.41) is 8.38. The van der Waals surface area contributed by atoms with Gasteiger partial charge in [0.25, 0.3) is 0 Å². The number of hydrogen-bond donors (Lipinski definition) is 3. The van der Waals surface area contributed by atoms with E-state index in [4.69, 9.17) is 10.9 Å². The van der Waals surface area contributed by atoms with Gasteiger partial charge in [-0.3, -0.25) is 5.21 Å². The van der Waals surface area contributed by atoms with E-state index in [1.165, 1.54) is 0 Å². The lowest BCUT2D eigenvalue weighted by Crippen LogP contribution is -2.33. The molecule has 0 rings (SSSR count). The Kier molecular flexibility index (Phi) is 3.89. The molecule has 0 amide bonds. The maximum Gasteiger partial charge on any atom is 0.213 e. The zero-order chi connectivity index (χ0) is 8.91. The predicted octanol–water partition coefficient (Wildman–Crippen LogP) is 0.859. The second kappa shape index (κ2) is 4.18. The summed E-state index contributed by atoms with van der Waals surface area (Å²) in [6, 6.07) is 0. The topological polar surface area (TPSA) is 70.6 Å². The molecule has 0 bridgehead atoms. The summed E-state index contributed by atoms with van der Waals surface area (Å²) in [6.45, 7) is 6.08. The lowest BCUT2D eigenvalue weighted by Gasteiger charge is -2.21. The van der Waals surface area contributed by atoms with Crippen molar-refractivity contribution >= 4 is 5.96 Å². The molecule has 11 heavy (non-hydrogen) atoms. The molecule has 0 aliphatic heterocycles. The van der Waals surface area contributed by atoms with Crippen molar-refractivity contribution in [3.63, 3.8) is 0 Å². The van der Waals surface area contributed by atoms with Crippen LogP contribution in [0.2, 0.25) is 0 Å². The first-order valence-electron chi connectivity index (χ1n) is 3.83. The molecule has 0 aliphatic carbocycles. The normalized spacial score (nSPS) is 13.3. The van der Waals surface area contributed by atoms with E-state index in [-0.39, 0.29) is 11.5 Å². The highest BCUT2D eigenvalue weighted by Crippen LogP contribution is 2.18. The summed E-state index contributed by atoms with van der Waals surface area (Å²) < 4.78 is 0. The fraction of sp³-hybridized carbons (Fsp3) is 0.857. The summed E-state index contributed by atoms with van der Waals surface area (Å²) in [5.41, 5.74) is 6.96. The Labute approximate surface area is 67.5 Å². The van der Waals surface area contributed by atoms with Crippen LogP contribution in [0, 0.1) is 0 Å². The van der Waals surface area contributed by atoms with Crippen LogP contribution in [0.15, 0.2) is 4.99 Å². The number of aliphatic imine (C=N–C) groups is 1. The third-order valence-corrected chi connectivity index (χ3v) is 2.03. The summed E-state index contributed by atoms with van der Waals surface area (Å²) in [7, 11) is 0. The van der Waals surface area contributed by atoms with Gasteiger partial charge < -0.3 is 5.73 Å². The number of nitrogens with zero attached hydrogens (tertiary/aromatic N) is 1. The molecule has 0 aromatic rings. The van der Waals surface area contributed by atoms with Crippen LogP contribution in [-0.4, -0.2) is 16.7 Å². The van der Waals surface area contributed by atoms with Crippen molar-refractivity contribution in [2.24, 2.45) is 10.7 Å². The standard InChI is InChI=1S/C7H17N3O/c1-4-7(3,5-2)9-6(8)10-11/h11H,4-5H2,1-3H3,(H3,8,9,10). The van der Waals surface area contributed by atoms with Gasteiger partial charge in [0, 0.05) is 0 Å². The largest absolute Gasteiger partial charge is 0.368 e. The van der Waals surface area contributed by atoms with Gasteiger partial charge in [0.05, 0.1) is 5.54 Å². The Hall–Kier alpha value is -0.770. The number of nitrogens with one attached hydrogen (secondary N) is 1. The van der Waals surface area contributed by atoms with E-state index < -0.39 is 0 Å². The van der Waals surface area contributed by atoms with E-state index in [1.54, 1.807) is 0 Å². The Balaban J connectivity index is 4.27. The van der Waals surface area contributed by atoms with Gasteiger partial charge in [-0.15, -0.1) is 0 Å². The second-order valence-electron chi connectivity index (χ2n) is 2.81. The molecular weight excluding hydrogens is 142 g/mol. The molecule has 4 heteroatoms. The first-order chi connectivity index (χ1) is 5.08. The van der Waals surface area contributed by atoms with E-state index in [1.807, 2.05) is 26.3 Å². The van der Waals surface area contributed by atoms with E-state index in [0.29, 0.717) is 0 Å². The van der Waals surface area contributed by atoms with Gasteiger partial charge in [0.15, 0.2) is 0 Å². The molecule has 0 saturated heterocycles. The molecule has 0 radical (unpaired) electrons. The summed E-state index contributed by atoms with van der Waals surface area (Å²) in [5.74, 6) is 0.0798. The zero-order valence-electron chi connectivity index (χ0n) is 7.39. The SMILES string of the molecule is CCC(C)(CC)N=C(N)NO. The van der Waals surface area contributed by atoms with Crippen molar-refractivity contribution < 1.29 is 5.21 Å². The molecule has 4 nitrogen and oxygen atoms in total. The van der Waals surface area contributed by atoms with Gasteiger partial charge in [0.1, 0.15) is 0 Å². The maximum absolute atomic E-state index is 8.38. The lowest BCUT2D eigenvalue weighted by atomic mass is 9.97. The number of hydroxylamine groups is 1. The Morgan fingerprint density at radius 3 is 2.27 bits per heavy atom. The Morgan fingerprint density at radius 2 is 2.00 bits per heavy atom. The van der Waals surface area contributed by atoms with Gasteiger partial charge in [-0.25, -0.2) is 10.5 Å². The highest BCUT2D eigenvalue weighted by atomic mass is 16.5. The van der Waals surface area contributed by atoms with Crippen molar-refractivity contribution in [2.75, 3.05) is 0 Å². The second-order valence-corrected chi connectivity index (χ2v) is 2.81. The Bertz CT molecular complexity index is 141. The molecule has 4 N–H and O–H groups in total. The molecule has 0 spiro atoms. The maximum atomic E-state index is 8.38. The summed E-state index contributed by atoms with van der Waals surface area (Å²) in [4.78, 5) is 4.10. The van der Waals surface area contributed by atoms with E-state index in [9.17, 15) is 0 Å². The fourth-order valence-electron chi connectivity index (χ4n) is 0.724. The lowest BCUT2D eigenvalue weighted by molar-refractivity contribution is 0.230. The Morgan fingerprint density at radius 1 is 1.55 bits per heavy atom. The van der Waals surface area contributed by atoms with E-state index in [2.05, 4.69) is 4.99 Å². The van der Waals surface area contributed by atoms with Gasteiger partial charge in [-0.05, 0) is 19.8 Å². The van der Waals surface area contributed by atoms with E-state index in [0.717, 1.165) is 12.8 Å². The van der Waals surface area contributed by atoms with Gasteiger partial charge in [-0.1, -0.05) is 13.8 Å². The van der Waals surface area contributed by atoms with E-state index >= 15 is 0 Å². The van der Waals surface area contributed by atoms with Crippen LogP contribution < -0.4 is 11.2 Å². The molecule has 0 fully saturated rings. The first kappa shape index (κ1) is 10.2. The average Bonchev–Trinajstić information content (AvgIpc) is 2.04. The van der Waals surface area contributed by atoms with Crippen molar-refractivity contribution in [3.05, 3.63) is 0 Å². The fourth-order valence-corrected chi connectivity index (χ4v) is 0.724. The van der Waals surface area contributed by atoms with Crippen LogP contribution in [0.4, 0.5) is 0 Å². The number of rotatable bonds is 3. The van der Waals surface area contributed by atoms with Crippen molar-refractivity contribution in [1.29, 1.82) is 0 Å². The van der Waals surface area contributed by atoms with Crippen LogP contribution in [0.25, 0.3) is 0 Å². The van der Waals surface area contributed by atoms with Crippen molar-refractivity contribution in [2.45, 2.75) is 39.2 Å². The number of hydrogen-bond acceptors (Lipinski definition) is 2. The molecule has 0 saturated carbocycles. The molecule has 66 valence electrons. The molecule has 0 aromatic heterocycles. The molecule has 0 unspecified atom stereocenters. The van der Waals surface area contributed by atoms with Gasteiger partial charge in [0.2, 0.25) is 5.96 Å². The number of guanidine groups is 1. The van der Waals surface area contributed by atoms with Gasteiger partial charge >= 0.3 is 0 Å². The van der Waals surface area contributed by atoms with Gasteiger partial charge in [-0.2, -0.15) is 0 Å². The van der Waals surface area contributed by atoms with Crippen LogP contribution in [0.1, 0.15) is 33.6 Å². The molecule has 0 aliphatic rings. The van der Waals surface area contributed by atoms with Crippen LogP contribution in [0.5, 0.6) is 0 Å². The van der Waals surface area contributed by atoms with Crippen LogP contribution in [-0.2, 0) is 0 Å². The molecular formula is C7H17N3O. The molecule has 0 aromatic carbocycles. The third kappa shape index (κ3) is 3.23. The van der Waals surface area contributed by atoms with Crippen LogP contribution in [0.3, 0.4) is 0 Å². The highest BCUT2D eigenvalue weighted by Gasteiger charge is 2.17. The smallest absolute Gasteiger partial charge is 0.213 e. The molecule has 0 atom stereocenters. The van der Waals surface area contributed by atoms with Crippen molar-refractivity contribution in [1.82, 2.24) is 5.48 Å². The summed E-state index contributed by atoms with van der Waals surface area (Å²) >= 11 is 0. The number of nitrogens with two attached hydrogens (primary N) is 1. The minimum absolute atomic E-state index is 0.0798. The minimum Gasteiger partial charge on any atom is -0.368 e. The highest BCUT2D eigenvalue weighted by molar-refractivity contribution is 5.76. The predicted molar refractivity (Wildman–Crippen MR) is 45.5 cm³/mol. The monoisotopic (exact) mass is 159 g/mol. The third-order valence-electron chi connectivity index (χ3n) is 2.03. The minimum atomic E-state index is -0.153. The summed E-state index contributed by atoms with van der Waals surface area (Å²) in [6.07, 6.45) is 1.82. The van der Waals surface area contributed by atoms with Crippen LogP contribution >= 0.6 is 0 Å².